The molecular weight excluding hydrogens is 254 g/mol. The topological polar surface area (TPSA) is 62.5 Å². The fraction of sp³-hybridized carbons (Fsp3) is 0.562. The van der Waals surface area contributed by atoms with E-state index < -0.39 is 11.0 Å². The molecule has 4 heteroatoms. The minimum atomic E-state index is -1.06. The zero-order valence-electron chi connectivity index (χ0n) is 11.6. The molecule has 2 heterocycles. The third kappa shape index (κ3) is 1.81. The molecule has 20 heavy (non-hydrogen) atoms. The summed E-state index contributed by atoms with van der Waals surface area (Å²) < 4.78 is 11.2. The summed E-state index contributed by atoms with van der Waals surface area (Å²) in [5, 5.41) is 21.1. The van der Waals surface area contributed by atoms with E-state index in [2.05, 4.69) is 6.07 Å². The summed E-state index contributed by atoms with van der Waals surface area (Å²) in [6.07, 6.45) is 1.45. The summed E-state index contributed by atoms with van der Waals surface area (Å²) in [6.45, 7) is 2.90. The lowest BCUT2D eigenvalue weighted by Gasteiger charge is -2.48. The van der Waals surface area contributed by atoms with Crippen LogP contribution in [0.4, 0.5) is 0 Å². The van der Waals surface area contributed by atoms with Gasteiger partial charge in [0.2, 0.25) is 0 Å². The summed E-state index contributed by atoms with van der Waals surface area (Å²) in [4.78, 5) is 0. The molecule has 0 aromatic heterocycles. The standard InChI is InChI=1S/C16H19NO3/c1-12-10-16(18,7-9-19-12)15(11-17)6-8-20-14-5-3-2-4-13(14)15/h2-5,12,18H,6-10H2,1H3. The van der Waals surface area contributed by atoms with Gasteiger partial charge in [-0.05, 0) is 13.0 Å². The Morgan fingerprint density at radius 3 is 2.85 bits per heavy atom. The van der Waals surface area contributed by atoms with Crippen molar-refractivity contribution in [3.05, 3.63) is 29.8 Å². The number of benzene rings is 1. The fourth-order valence-electron chi connectivity index (χ4n) is 3.55. The summed E-state index contributed by atoms with van der Waals surface area (Å²) in [6, 6.07) is 9.97. The molecule has 1 N–H and O–H groups in total. The molecule has 2 aliphatic heterocycles. The van der Waals surface area contributed by atoms with E-state index in [0.29, 0.717) is 38.2 Å². The molecular formula is C16H19NO3. The largest absolute Gasteiger partial charge is 0.493 e. The van der Waals surface area contributed by atoms with E-state index in [1.165, 1.54) is 0 Å². The van der Waals surface area contributed by atoms with Gasteiger partial charge in [-0.1, -0.05) is 18.2 Å². The molecule has 1 aromatic carbocycles. The molecule has 3 rings (SSSR count). The minimum Gasteiger partial charge on any atom is -0.493 e. The van der Waals surface area contributed by atoms with Crippen LogP contribution in [-0.2, 0) is 10.2 Å². The number of para-hydroxylation sites is 1. The maximum absolute atomic E-state index is 11.2. The van der Waals surface area contributed by atoms with Crippen molar-refractivity contribution in [2.45, 2.75) is 43.3 Å². The Morgan fingerprint density at radius 2 is 2.10 bits per heavy atom. The van der Waals surface area contributed by atoms with E-state index in [9.17, 15) is 10.4 Å². The zero-order chi connectivity index (χ0) is 14.2. The van der Waals surface area contributed by atoms with Crippen molar-refractivity contribution in [2.75, 3.05) is 13.2 Å². The molecule has 0 radical (unpaired) electrons. The lowest BCUT2D eigenvalue weighted by molar-refractivity contribution is -0.131. The Kier molecular flexibility index (Phi) is 3.19. The molecule has 4 nitrogen and oxygen atoms in total. The second-order valence-corrected chi connectivity index (χ2v) is 5.78. The van der Waals surface area contributed by atoms with E-state index in [1.54, 1.807) is 0 Å². The van der Waals surface area contributed by atoms with Crippen LogP contribution in [0.15, 0.2) is 24.3 Å². The molecule has 1 fully saturated rings. The molecule has 0 saturated carbocycles. The molecule has 0 spiro atoms. The Hall–Kier alpha value is -1.57. The number of aliphatic hydroxyl groups is 1. The van der Waals surface area contributed by atoms with Gasteiger partial charge in [0.05, 0.1) is 24.4 Å². The van der Waals surface area contributed by atoms with Gasteiger partial charge in [0.25, 0.3) is 0 Å². The molecule has 106 valence electrons. The first-order valence-electron chi connectivity index (χ1n) is 7.09. The number of fused-ring (bicyclic) bond motifs is 1. The molecule has 2 aliphatic rings. The van der Waals surface area contributed by atoms with Crippen LogP contribution in [0.5, 0.6) is 5.75 Å². The highest BCUT2D eigenvalue weighted by molar-refractivity contribution is 5.48. The smallest absolute Gasteiger partial charge is 0.124 e. The fourth-order valence-corrected chi connectivity index (χ4v) is 3.55. The second-order valence-electron chi connectivity index (χ2n) is 5.78. The molecule has 3 unspecified atom stereocenters. The molecule has 0 bridgehead atoms. The van der Waals surface area contributed by atoms with Crippen LogP contribution in [0.1, 0.15) is 31.7 Å². The van der Waals surface area contributed by atoms with E-state index in [-0.39, 0.29) is 6.10 Å². The average molecular weight is 273 g/mol. The maximum Gasteiger partial charge on any atom is 0.124 e. The summed E-state index contributed by atoms with van der Waals surface area (Å²) in [5.74, 6) is 0.716. The van der Waals surface area contributed by atoms with Crippen molar-refractivity contribution < 1.29 is 14.6 Å². The minimum absolute atomic E-state index is 0.0333. The zero-order valence-corrected chi connectivity index (χ0v) is 11.6. The van der Waals surface area contributed by atoms with Gasteiger partial charge in [0.1, 0.15) is 11.2 Å². The van der Waals surface area contributed by atoms with E-state index in [1.807, 2.05) is 31.2 Å². The molecule has 0 amide bonds. The summed E-state index contributed by atoms with van der Waals surface area (Å²) in [7, 11) is 0. The molecule has 1 aromatic rings. The number of rotatable bonds is 1. The van der Waals surface area contributed by atoms with Gasteiger partial charge >= 0.3 is 0 Å². The highest BCUT2D eigenvalue weighted by Crippen LogP contribution is 2.49. The molecule has 0 aliphatic carbocycles. The Bertz CT molecular complexity index is 553. The maximum atomic E-state index is 11.2. The van der Waals surface area contributed by atoms with Gasteiger partial charge in [-0.15, -0.1) is 0 Å². The first-order valence-corrected chi connectivity index (χ1v) is 7.09. The van der Waals surface area contributed by atoms with E-state index in [4.69, 9.17) is 9.47 Å². The van der Waals surface area contributed by atoms with Crippen LogP contribution in [0.3, 0.4) is 0 Å². The van der Waals surface area contributed by atoms with Gasteiger partial charge in [-0.25, -0.2) is 0 Å². The third-order valence-corrected chi connectivity index (χ3v) is 4.61. The van der Waals surface area contributed by atoms with E-state index in [0.717, 1.165) is 5.56 Å². The van der Waals surface area contributed by atoms with Gasteiger partial charge < -0.3 is 14.6 Å². The van der Waals surface area contributed by atoms with Crippen molar-refractivity contribution in [3.8, 4) is 11.8 Å². The van der Waals surface area contributed by atoms with Crippen molar-refractivity contribution in [3.63, 3.8) is 0 Å². The predicted molar refractivity (Wildman–Crippen MR) is 73.4 cm³/mol. The van der Waals surface area contributed by atoms with Gasteiger partial charge in [-0.3, -0.25) is 0 Å². The molecule has 3 atom stereocenters. The normalized spacial score (nSPS) is 36.5. The van der Waals surface area contributed by atoms with Gasteiger partial charge in [-0.2, -0.15) is 5.26 Å². The van der Waals surface area contributed by atoms with Crippen molar-refractivity contribution in [2.24, 2.45) is 0 Å². The number of hydrogen-bond acceptors (Lipinski definition) is 4. The van der Waals surface area contributed by atoms with Crippen LogP contribution in [0.25, 0.3) is 0 Å². The molecule has 1 saturated heterocycles. The third-order valence-electron chi connectivity index (χ3n) is 4.61. The number of nitrogens with zero attached hydrogens (tertiary/aromatic N) is 1. The summed E-state index contributed by atoms with van der Waals surface area (Å²) >= 11 is 0. The van der Waals surface area contributed by atoms with Crippen LogP contribution in [-0.4, -0.2) is 30.0 Å². The van der Waals surface area contributed by atoms with Crippen LogP contribution in [0, 0.1) is 11.3 Å². The van der Waals surface area contributed by atoms with Gasteiger partial charge in [0, 0.05) is 31.4 Å². The number of ether oxygens (including phenoxy) is 2. The first kappa shape index (κ1) is 13.4. The van der Waals surface area contributed by atoms with E-state index >= 15 is 0 Å². The Morgan fingerprint density at radius 1 is 1.30 bits per heavy atom. The van der Waals surface area contributed by atoms with Crippen molar-refractivity contribution >= 4 is 0 Å². The van der Waals surface area contributed by atoms with Crippen molar-refractivity contribution in [1.29, 1.82) is 5.26 Å². The van der Waals surface area contributed by atoms with Crippen LogP contribution < -0.4 is 4.74 Å². The number of nitriles is 1. The second kappa shape index (κ2) is 4.76. The lowest BCUT2D eigenvalue weighted by Crippen LogP contribution is -2.57. The summed E-state index contributed by atoms with van der Waals surface area (Å²) in [5.41, 5.74) is -1.15. The van der Waals surface area contributed by atoms with Crippen molar-refractivity contribution in [1.82, 2.24) is 0 Å². The quantitative estimate of drug-likeness (QED) is 0.851. The first-order chi connectivity index (χ1) is 9.61. The lowest BCUT2D eigenvalue weighted by atomic mass is 9.61. The number of hydrogen-bond donors (Lipinski definition) is 1. The SMILES string of the molecule is CC1CC(O)(C2(C#N)CCOc3ccccc32)CCO1. The van der Waals surface area contributed by atoms with Crippen LogP contribution >= 0.6 is 0 Å². The highest BCUT2D eigenvalue weighted by Gasteiger charge is 2.56. The highest BCUT2D eigenvalue weighted by atomic mass is 16.5. The Balaban J connectivity index is 2.11. The van der Waals surface area contributed by atoms with Gasteiger partial charge in [0.15, 0.2) is 0 Å². The monoisotopic (exact) mass is 273 g/mol. The Labute approximate surface area is 118 Å². The average Bonchev–Trinajstić information content (AvgIpc) is 2.46. The predicted octanol–water partition coefficient (Wildman–Crippen LogP) is 2.16. The van der Waals surface area contributed by atoms with Crippen LogP contribution in [0.2, 0.25) is 0 Å².